The van der Waals surface area contributed by atoms with E-state index < -0.39 is 0 Å². The van der Waals surface area contributed by atoms with Gasteiger partial charge in [0, 0.05) is 31.5 Å². The van der Waals surface area contributed by atoms with E-state index in [0.717, 1.165) is 13.1 Å². The highest BCUT2D eigenvalue weighted by Gasteiger charge is 2.03. The molecule has 0 unspecified atom stereocenters. The molecule has 1 saturated heterocycles. The van der Waals surface area contributed by atoms with Gasteiger partial charge >= 0.3 is 0 Å². The first-order valence-corrected chi connectivity index (χ1v) is 4.72. The predicted octanol–water partition coefficient (Wildman–Crippen LogP) is 2.08. The summed E-state index contributed by atoms with van der Waals surface area (Å²) in [5.74, 6) is 0. The Morgan fingerprint density at radius 2 is 1.69 bits per heavy atom. The molecule has 0 bridgehead atoms. The lowest BCUT2D eigenvalue weighted by molar-refractivity contribution is 0.327. The number of hydrogen-bond acceptors (Lipinski definition) is 1. The van der Waals surface area contributed by atoms with Crippen LogP contribution in [0, 0.1) is 12.5 Å². The van der Waals surface area contributed by atoms with Crippen molar-refractivity contribution in [2.45, 2.75) is 19.3 Å². The number of piperidine rings is 1. The van der Waals surface area contributed by atoms with Gasteiger partial charge in [0.2, 0.25) is 0 Å². The largest absolute Gasteiger partial charge is 0.368 e. The summed E-state index contributed by atoms with van der Waals surface area (Å²) < 4.78 is 0. The number of nitrogens with zero attached hydrogens (tertiary/aromatic N) is 1. The molecule has 70 valence electrons. The number of aromatic nitrogens is 1. The van der Waals surface area contributed by atoms with Crippen molar-refractivity contribution in [1.82, 2.24) is 9.88 Å². The third-order valence-electron chi connectivity index (χ3n) is 2.03. The monoisotopic (exact) mass is 176 g/mol. The minimum absolute atomic E-state index is 1.11. The van der Waals surface area contributed by atoms with Gasteiger partial charge in [-0.3, -0.25) is 0 Å². The second-order valence-electron chi connectivity index (χ2n) is 3.06. The van der Waals surface area contributed by atoms with Crippen molar-refractivity contribution < 1.29 is 0 Å². The summed E-state index contributed by atoms with van der Waals surface area (Å²) in [6.07, 6.45) is 12.9. The topological polar surface area (TPSA) is 19.0 Å². The van der Waals surface area contributed by atoms with Gasteiger partial charge in [0.15, 0.2) is 0 Å². The van der Waals surface area contributed by atoms with Crippen LogP contribution in [0.5, 0.6) is 0 Å². The first-order chi connectivity index (χ1) is 6.43. The summed E-state index contributed by atoms with van der Waals surface area (Å²) in [6, 6.07) is 6.53. The third kappa shape index (κ3) is 4.27. The van der Waals surface area contributed by atoms with Crippen LogP contribution in [0.3, 0.4) is 0 Å². The zero-order chi connectivity index (χ0) is 9.36. The Bertz CT molecular complexity index is 210. The molecule has 0 atom stereocenters. The molecule has 2 rings (SSSR count). The average Bonchev–Trinajstić information content (AvgIpc) is 2.77. The van der Waals surface area contributed by atoms with Crippen LogP contribution < -0.4 is 0 Å². The molecule has 1 aliphatic rings. The molecule has 1 fully saturated rings. The van der Waals surface area contributed by atoms with Gasteiger partial charge in [0.1, 0.15) is 0 Å². The van der Waals surface area contributed by atoms with Crippen molar-refractivity contribution in [2.24, 2.45) is 0 Å². The average molecular weight is 176 g/mol. The van der Waals surface area contributed by atoms with Crippen LogP contribution in [-0.4, -0.2) is 23.0 Å². The highest BCUT2D eigenvalue weighted by atomic mass is 15.1. The smallest absolute Gasteiger partial charge is 0.0260 e. The molecule has 2 heterocycles. The molecule has 0 spiro atoms. The third-order valence-corrected chi connectivity index (χ3v) is 2.03. The molecule has 1 N–H and O–H groups in total. The highest BCUT2D eigenvalue weighted by molar-refractivity contribution is 4.86. The van der Waals surface area contributed by atoms with Gasteiger partial charge in [0.25, 0.3) is 0 Å². The van der Waals surface area contributed by atoms with E-state index in [0.29, 0.717) is 0 Å². The Morgan fingerprint density at radius 1 is 1.08 bits per heavy atom. The van der Waals surface area contributed by atoms with E-state index in [1.807, 2.05) is 29.4 Å². The number of hydrogen-bond donors (Lipinski definition) is 1. The van der Waals surface area contributed by atoms with Gasteiger partial charge in [-0.05, 0) is 31.4 Å². The molecule has 0 aliphatic carbocycles. The fraction of sp³-hybridized carbons (Fsp3) is 0.455. The van der Waals surface area contributed by atoms with Crippen molar-refractivity contribution in [3.05, 3.63) is 24.5 Å². The lowest BCUT2D eigenvalue weighted by Gasteiger charge is -2.21. The van der Waals surface area contributed by atoms with Gasteiger partial charge in [-0.1, -0.05) is 6.42 Å². The zero-order valence-electron chi connectivity index (χ0n) is 7.87. The lowest BCUT2D eigenvalue weighted by Crippen LogP contribution is -2.24. The summed E-state index contributed by atoms with van der Waals surface area (Å²) in [7, 11) is 0. The Morgan fingerprint density at radius 3 is 2.00 bits per heavy atom. The van der Waals surface area contributed by atoms with Gasteiger partial charge in [0.05, 0.1) is 0 Å². The van der Waals surface area contributed by atoms with Crippen molar-refractivity contribution in [3.8, 4) is 12.5 Å². The molecule has 0 amide bonds. The van der Waals surface area contributed by atoms with Crippen molar-refractivity contribution >= 4 is 0 Å². The molecule has 1 aromatic rings. The molecular weight excluding hydrogens is 160 g/mol. The van der Waals surface area contributed by atoms with Crippen LogP contribution in [0.4, 0.5) is 0 Å². The maximum absolute atomic E-state index is 5.18. The van der Waals surface area contributed by atoms with Crippen LogP contribution in [0.1, 0.15) is 19.3 Å². The van der Waals surface area contributed by atoms with Crippen LogP contribution in [0.15, 0.2) is 24.5 Å². The summed E-state index contributed by atoms with van der Waals surface area (Å²) in [6.45, 7) is 2.22. The SMILES string of the molecule is C#CN1CCCCC1.c1cc[nH]c1. The summed E-state index contributed by atoms with van der Waals surface area (Å²) in [4.78, 5) is 4.91. The fourth-order valence-electron chi connectivity index (χ4n) is 1.30. The number of nitrogens with one attached hydrogen (secondary N) is 1. The molecular formula is C11H16N2. The molecule has 13 heavy (non-hydrogen) atoms. The molecule has 2 nitrogen and oxygen atoms in total. The number of likely N-dealkylation sites (tertiary alicyclic amines) is 1. The second-order valence-corrected chi connectivity index (χ2v) is 3.06. The van der Waals surface area contributed by atoms with E-state index in [2.05, 4.69) is 11.0 Å². The quantitative estimate of drug-likeness (QED) is 0.600. The fourth-order valence-corrected chi connectivity index (χ4v) is 1.30. The predicted molar refractivity (Wildman–Crippen MR) is 55.0 cm³/mol. The van der Waals surface area contributed by atoms with Crippen LogP contribution >= 0.6 is 0 Å². The zero-order valence-corrected chi connectivity index (χ0v) is 7.87. The van der Waals surface area contributed by atoms with Crippen molar-refractivity contribution in [3.63, 3.8) is 0 Å². The Hall–Kier alpha value is -1.36. The van der Waals surface area contributed by atoms with E-state index in [1.165, 1.54) is 19.3 Å². The molecule has 1 aromatic heterocycles. The van der Waals surface area contributed by atoms with E-state index >= 15 is 0 Å². The molecule has 0 aromatic carbocycles. The summed E-state index contributed by atoms with van der Waals surface area (Å²) >= 11 is 0. The standard InChI is InChI=1S/C7H11N.C4H5N/c1-2-8-6-4-3-5-7-8;1-2-4-5-3-1/h1H,3-7H2;1-5H. The maximum Gasteiger partial charge on any atom is 0.0260 e. The highest BCUT2D eigenvalue weighted by Crippen LogP contribution is 2.05. The Kier molecular flexibility index (Phi) is 4.63. The van der Waals surface area contributed by atoms with Gasteiger partial charge in [-0.25, -0.2) is 0 Å². The van der Waals surface area contributed by atoms with E-state index in [-0.39, 0.29) is 0 Å². The normalized spacial score (nSPS) is 15.5. The lowest BCUT2D eigenvalue weighted by atomic mass is 10.1. The van der Waals surface area contributed by atoms with Gasteiger partial charge < -0.3 is 9.88 Å². The maximum atomic E-state index is 5.18. The van der Waals surface area contributed by atoms with E-state index in [4.69, 9.17) is 6.42 Å². The number of terminal acetylenes is 1. The molecule has 0 radical (unpaired) electrons. The first-order valence-electron chi connectivity index (χ1n) is 4.72. The van der Waals surface area contributed by atoms with Gasteiger partial charge in [-0.2, -0.15) is 0 Å². The number of H-pyrrole nitrogens is 1. The van der Waals surface area contributed by atoms with E-state index in [1.54, 1.807) is 0 Å². The molecule has 0 saturated carbocycles. The Labute approximate surface area is 80.0 Å². The summed E-state index contributed by atoms with van der Waals surface area (Å²) in [5.41, 5.74) is 0. The second kappa shape index (κ2) is 6.19. The summed E-state index contributed by atoms with van der Waals surface area (Å²) in [5, 5.41) is 0. The van der Waals surface area contributed by atoms with Crippen LogP contribution in [0.2, 0.25) is 0 Å². The molecule has 2 heteroatoms. The van der Waals surface area contributed by atoms with Crippen molar-refractivity contribution in [1.29, 1.82) is 0 Å². The Balaban J connectivity index is 0.000000145. The number of aromatic amines is 1. The van der Waals surface area contributed by atoms with E-state index in [9.17, 15) is 0 Å². The van der Waals surface area contributed by atoms with Crippen LogP contribution in [-0.2, 0) is 0 Å². The number of rotatable bonds is 0. The molecule has 1 aliphatic heterocycles. The minimum Gasteiger partial charge on any atom is -0.368 e. The van der Waals surface area contributed by atoms with Gasteiger partial charge in [-0.15, -0.1) is 0 Å². The minimum atomic E-state index is 1.11. The van der Waals surface area contributed by atoms with Crippen molar-refractivity contribution in [2.75, 3.05) is 13.1 Å². The first kappa shape index (κ1) is 9.73. The van der Waals surface area contributed by atoms with Crippen LogP contribution in [0.25, 0.3) is 0 Å².